The van der Waals surface area contributed by atoms with Gasteiger partial charge in [0.05, 0.1) is 6.04 Å². The Kier molecular flexibility index (Phi) is 4.40. The van der Waals surface area contributed by atoms with Gasteiger partial charge in [0.25, 0.3) is 0 Å². The largest absolute Gasteiger partial charge is 0.480 e. The molecule has 13 heavy (non-hydrogen) atoms. The van der Waals surface area contributed by atoms with Crippen molar-refractivity contribution in [2.24, 2.45) is 5.73 Å². The zero-order valence-corrected chi connectivity index (χ0v) is 8.15. The summed E-state index contributed by atoms with van der Waals surface area (Å²) in [6.07, 6.45) is 0.448. The van der Waals surface area contributed by atoms with Gasteiger partial charge in [-0.1, -0.05) is 6.92 Å². The summed E-state index contributed by atoms with van der Waals surface area (Å²) in [4.78, 5) is 22.9. The second-order valence-corrected chi connectivity index (χ2v) is 3.01. The Hall–Kier alpha value is -1.10. The number of hydrogen-bond donors (Lipinski definition) is 2. The van der Waals surface area contributed by atoms with Gasteiger partial charge in [-0.25, -0.2) is 0 Å². The fourth-order valence-electron chi connectivity index (χ4n) is 1.11. The zero-order chi connectivity index (χ0) is 10.6. The van der Waals surface area contributed by atoms with Gasteiger partial charge in [0.1, 0.15) is 6.04 Å². The van der Waals surface area contributed by atoms with Crippen molar-refractivity contribution in [2.45, 2.75) is 32.4 Å². The van der Waals surface area contributed by atoms with Crippen molar-refractivity contribution in [3.63, 3.8) is 0 Å². The highest BCUT2D eigenvalue weighted by Gasteiger charge is 2.26. The van der Waals surface area contributed by atoms with Crippen molar-refractivity contribution >= 4 is 11.9 Å². The minimum absolute atomic E-state index is 0.448. The monoisotopic (exact) mass is 188 g/mol. The van der Waals surface area contributed by atoms with E-state index in [9.17, 15) is 9.59 Å². The normalized spacial score (nSPS) is 15.4. The molecular formula is C8H16N2O3. The third-order valence-corrected chi connectivity index (χ3v) is 2.19. The third kappa shape index (κ3) is 3.02. The Bertz CT molecular complexity index is 206. The number of carboxylic acids is 1. The maximum atomic E-state index is 10.8. The Morgan fingerprint density at radius 3 is 2.23 bits per heavy atom. The number of amides is 1. The summed E-state index contributed by atoms with van der Waals surface area (Å²) < 4.78 is 0. The van der Waals surface area contributed by atoms with Crippen molar-refractivity contribution in [1.82, 2.24) is 4.90 Å². The van der Waals surface area contributed by atoms with E-state index in [0.717, 1.165) is 0 Å². The lowest BCUT2D eigenvalue weighted by Gasteiger charge is -2.27. The van der Waals surface area contributed by atoms with Gasteiger partial charge in [-0.05, 0) is 20.4 Å². The molecule has 0 aromatic rings. The molecule has 0 aliphatic heterocycles. The standard InChI is InChI=1S/C8H16N2O3/c1-4-6(8(12)13)10(3)5(2)7(9)11/h5-6H,4H2,1-3H3,(H2,9,11)(H,12,13). The van der Waals surface area contributed by atoms with E-state index in [2.05, 4.69) is 0 Å². The average Bonchev–Trinajstić information content (AvgIpc) is 2.03. The van der Waals surface area contributed by atoms with E-state index in [4.69, 9.17) is 10.8 Å². The van der Waals surface area contributed by atoms with Crippen LogP contribution in [0.4, 0.5) is 0 Å². The molecule has 0 aliphatic rings. The number of carbonyl (C=O) groups is 2. The van der Waals surface area contributed by atoms with Crippen molar-refractivity contribution in [3.05, 3.63) is 0 Å². The molecule has 2 unspecified atom stereocenters. The van der Waals surface area contributed by atoms with Crippen molar-refractivity contribution in [1.29, 1.82) is 0 Å². The van der Waals surface area contributed by atoms with Crippen LogP contribution in [0.25, 0.3) is 0 Å². The number of aliphatic carboxylic acids is 1. The first-order valence-corrected chi connectivity index (χ1v) is 4.15. The maximum Gasteiger partial charge on any atom is 0.320 e. The smallest absolute Gasteiger partial charge is 0.320 e. The summed E-state index contributed by atoms with van der Waals surface area (Å²) in [7, 11) is 1.58. The summed E-state index contributed by atoms with van der Waals surface area (Å²) in [5.41, 5.74) is 5.06. The number of carboxylic acid groups (broad SMARTS) is 1. The van der Waals surface area contributed by atoms with Gasteiger partial charge < -0.3 is 10.8 Å². The first-order valence-electron chi connectivity index (χ1n) is 4.15. The van der Waals surface area contributed by atoms with Crippen LogP contribution in [-0.2, 0) is 9.59 Å². The van der Waals surface area contributed by atoms with Crippen LogP contribution in [0.2, 0.25) is 0 Å². The number of nitrogens with two attached hydrogens (primary N) is 1. The highest BCUT2D eigenvalue weighted by atomic mass is 16.4. The number of likely N-dealkylation sites (N-methyl/N-ethyl adjacent to an activating group) is 1. The van der Waals surface area contributed by atoms with Gasteiger partial charge >= 0.3 is 5.97 Å². The molecule has 0 bridgehead atoms. The fraction of sp³-hybridized carbons (Fsp3) is 0.750. The minimum Gasteiger partial charge on any atom is -0.480 e. The molecule has 0 aromatic carbocycles. The molecule has 0 saturated heterocycles. The van der Waals surface area contributed by atoms with Gasteiger partial charge in [-0.2, -0.15) is 0 Å². The van der Waals surface area contributed by atoms with E-state index in [1.165, 1.54) is 4.90 Å². The van der Waals surface area contributed by atoms with E-state index >= 15 is 0 Å². The van der Waals surface area contributed by atoms with Gasteiger partial charge in [-0.3, -0.25) is 14.5 Å². The second kappa shape index (κ2) is 4.81. The van der Waals surface area contributed by atoms with Crippen molar-refractivity contribution < 1.29 is 14.7 Å². The average molecular weight is 188 g/mol. The minimum atomic E-state index is -0.932. The van der Waals surface area contributed by atoms with Crippen LogP contribution < -0.4 is 5.73 Å². The third-order valence-electron chi connectivity index (χ3n) is 2.19. The molecule has 0 rings (SSSR count). The highest BCUT2D eigenvalue weighted by molar-refractivity contribution is 5.81. The molecule has 0 aromatic heterocycles. The molecule has 76 valence electrons. The second-order valence-electron chi connectivity index (χ2n) is 3.01. The molecule has 0 radical (unpaired) electrons. The van der Waals surface area contributed by atoms with Crippen LogP contribution >= 0.6 is 0 Å². The topological polar surface area (TPSA) is 83.6 Å². The lowest BCUT2D eigenvalue weighted by atomic mass is 10.1. The van der Waals surface area contributed by atoms with Crippen LogP contribution in [0, 0.1) is 0 Å². The van der Waals surface area contributed by atoms with Crippen LogP contribution in [0.5, 0.6) is 0 Å². The predicted octanol–water partition coefficient (Wildman–Crippen LogP) is -0.345. The van der Waals surface area contributed by atoms with Crippen LogP contribution in [-0.4, -0.2) is 41.0 Å². The molecule has 2 atom stereocenters. The molecular weight excluding hydrogens is 172 g/mol. The number of rotatable bonds is 5. The molecule has 0 saturated carbocycles. The van der Waals surface area contributed by atoms with Gasteiger partial charge in [0.15, 0.2) is 0 Å². The van der Waals surface area contributed by atoms with Crippen molar-refractivity contribution in [2.75, 3.05) is 7.05 Å². The van der Waals surface area contributed by atoms with E-state index in [1.54, 1.807) is 20.9 Å². The molecule has 5 nitrogen and oxygen atoms in total. The van der Waals surface area contributed by atoms with Gasteiger partial charge in [-0.15, -0.1) is 0 Å². The lowest BCUT2D eigenvalue weighted by Crippen LogP contribution is -2.48. The molecule has 3 N–H and O–H groups in total. The molecule has 1 amide bonds. The summed E-state index contributed by atoms with van der Waals surface area (Å²) in [5.74, 6) is -1.44. The Labute approximate surface area is 77.5 Å². The van der Waals surface area contributed by atoms with E-state index in [-0.39, 0.29) is 0 Å². The number of hydrogen-bond acceptors (Lipinski definition) is 3. The van der Waals surface area contributed by atoms with Gasteiger partial charge in [0, 0.05) is 0 Å². The van der Waals surface area contributed by atoms with E-state index in [0.29, 0.717) is 6.42 Å². The first-order chi connectivity index (χ1) is 5.91. The highest BCUT2D eigenvalue weighted by Crippen LogP contribution is 2.06. The number of nitrogens with zero attached hydrogens (tertiary/aromatic N) is 1. The summed E-state index contributed by atoms with van der Waals surface area (Å²) in [6, 6.07) is -1.21. The summed E-state index contributed by atoms with van der Waals surface area (Å²) >= 11 is 0. The van der Waals surface area contributed by atoms with E-state index in [1.807, 2.05) is 0 Å². The maximum absolute atomic E-state index is 10.8. The van der Waals surface area contributed by atoms with Crippen LogP contribution in [0.15, 0.2) is 0 Å². The quantitative estimate of drug-likeness (QED) is 0.618. The summed E-state index contributed by atoms with van der Waals surface area (Å²) in [5, 5.41) is 8.78. The molecule has 0 heterocycles. The first kappa shape index (κ1) is 11.9. The SMILES string of the molecule is CCC(C(=O)O)N(C)C(C)C(N)=O. The van der Waals surface area contributed by atoms with Crippen molar-refractivity contribution in [3.8, 4) is 0 Å². The molecule has 0 spiro atoms. The lowest BCUT2D eigenvalue weighted by molar-refractivity contribution is -0.144. The van der Waals surface area contributed by atoms with Crippen LogP contribution in [0.1, 0.15) is 20.3 Å². The zero-order valence-electron chi connectivity index (χ0n) is 8.15. The Morgan fingerprint density at radius 1 is 1.54 bits per heavy atom. The number of primary amides is 1. The predicted molar refractivity (Wildman–Crippen MR) is 48.1 cm³/mol. The molecule has 0 aliphatic carbocycles. The molecule has 0 fully saturated rings. The molecule has 5 heteroatoms. The summed E-state index contributed by atoms with van der Waals surface area (Å²) in [6.45, 7) is 3.34. The Morgan fingerprint density at radius 2 is 2.00 bits per heavy atom. The van der Waals surface area contributed by atoms with Gasteiger partial charge in [0.2, 0.25) is 5.91 Å². The van der Waals surface area contributed by atoms with E-state index < -0.39 is 24.0 Å². The Balaban J connectivity index is 4.45. The van der Waals surface area contributed by atoms with Crippen LogP contribution in [0.3, 0.4) is 0 Å². The number of carbonyl (C=O) groups excluding carboxylic acids is 1. The fourth-order valence-corrected chi connectivity index (χ4v) is 1.11.